The van der Waals surface area contributed by atoms with Crippen LogP contribution in [0.5, 0.6) is 0 Å². The van der Waals surface area contributed by atoms with E-state index in [0.717, 1.165) is 25.7 Å². The minimum Gasteiger partial charge on any atom is -0.494 e. The summed E-state index contributed by atoms with van der Waals surface area (Å²) in [5.74, 6) is 0.988. The van der Waals surface area contributed by atoms with Crippen LogP contribution in [0.25, 0.3) is 0 Å². The predicted octanol–water partition coefficient (Wildman–Crippen LogP) is 5.69. The van der Waals surface area contributed by atoms with Crippen LogP contribution < -0.4 is 10.6 Å². The molecule has 0 atom stereocenters. The minimum atomic E-state index is -0.117. The molecule has 0 aromatic heterocycles. The van der Waals surface area contributed by atoms with Crippen molar-refractivity contribution < 1.29 is 38.0 Å². The first-order valence-electron chi connectivity index (χ1n) is 15.3. The highest BCUT2D eigenvalue weighted by molar-refractivity contribution is 5.77. The van der Waals surface area contributed by atoms with Gasteiger partial charge in [0, 0.05) is 53.6 Å². The van der Waals surface area contributed by atoms with Crippen LogP contribution in [0.1, 0.15) is 53.4 Å². The number of rotatable bonds is 26. The van der Waals surface area contributed by atoms with Gasteiger partial charge >= 0.3 is 0 Å². The molecule has 0 saturated heterocycles. The molecule has 0 aliphatic rings. The van der Waals surface area contributed by atoms with Gasteiger partial charge < -0.3 is 39.1 Å². The Balaban J connectivity index is -0.000000326. The number of likely N-dealkylation sites (N-methyl/N-ethyl adjacent to an activating group) is 2. The molecule has 0 rings (SSSR count). The van der Waals surface area contributed by atoms with E-state index in [2.05, 4.69) is 36.9 Å². The van der Waals surface area contributed by atoms with Crippen molar-refractivity contribution in [2.24, 2.45) is 0 Å². The molecule has 2 N–H and O–H groups in total. The maximum Gasteiger partial charge on any atom is 0.245 e. The summed E-state index contributed by atoms with van der Waals surface area (Å²) in [5, 5.41) is 4.98. The molecule has 0 aromatic carbocycles. The molecule has 0 saturated carbocycles. The number of hydrogen-bond donors (Lipinski definition) is 2. The van der Waals surface area contributed by atoms with Crippen molar-refractivity contribution in [3.05, 3.63) is 74.3 Å². The van der Waals surface area contributed by atoms with E-state index in [-0.39, 0.29) is 25.0 Å². The summed E-state index contributed by atoms with van der Waals surface area (Å²) in [6.07, 6.45) is 13.7. The lowest BCUT2D eigenvalue weighted by atomic mass is 10.3. The Morgan fingerprint density at radius 2 is 0.909 bits per heavy atom. The fraction of sp³-hybridized carbons (Fsp3) is 0.588. The van der Waals surface area contributed by atoms with Crippen LogP contribution in [0.15, 0.2) is 74.3 Å². The Morgan fingerprint density at radius 1 is 0.545 bits per heavy atom. The molecule has 256 valence electrons. The van der Waals surface area contributed by atoms with E-state index < -0.39 is 0 Å². The lowest BCUT2D eigenvalue weighted by Gasteiger charge is -2.07. The lowest BCUT2D eigenvalue weighted by Crippen LogP contribution is -2.23. The van der Waals surface area contributed by atoms with E-state index in [0.29, 0.717) is 64.4 Å². The van der Waals surface area contributed by atoms with E-state index >= 15 is 0 Å². The summed E-state index contributed by atoms with van der Waals surface area (Å²) in [6, 6.07) is 0. The number of carbonyl (C=O) groups excluding carboxylic acids is 2. The second-order valence-electron chi connectivity index (χ2n) is 7.91. The summed E-state index contributed by atoms with van der Waals surface area (Å²) in [7, 11) is 3.17. The second kappa shape index (κ2) is 44.3. The molecule has 10 nitrogen and oxygen atoms in total. The summed E-state index contributed by atoms with van der Waals surface area (Å²) in [5.41, 5.74) is 0. The first-order valence-corrected chi connectivity index (χ1v) is 15.3. The van der Waals surface area contributed by atoms with Crippen molar-refractivity contribution in [1.82, 2.24) is 10.6 Å². The van der Waals surface area contributed by atoms with Gasteiger partial charge in [0.1, 0.15) is 31.3 Å². The smallest absolute Gasteiger partial charge is 0.245 e. The van der Waals surface area contributed by atoms with Crippen molar-refractivity contribution >= 4 is 11.8 Å². The van der Waals surface area contributed by atoms with Crippen LogP contribution in [0.3, 0.4) is 0 Å². The van der Waals surface area contributed by atoms with Gasteiger partial charge in [-0.3, -0.25) is 9.59 Å². The molecule has 0 spiro atoms. The monoisotopic (exact) mass is 626 g/mol. The van der Waals surface area contributed by atoms with Crippen LogP contribution in [-0.2, 0) is 38.0 Å². The third-order valence-corrected chi connectivity index (χ3v) is 4.50. The Bertz CT molecular complexity index is 690. The summed E-state index contributed by atoms with van der Waals surface area (Å²) < 4.78 is 31.8. The zero-order chi connectivity index (χ0) is 34.1. The van der Waals surface area contributed by atoms with Crippen molar-refractivity contribution in [2.45, 2.75) is 53.4 Å². The maximum atomic E-state index is 10.8. The van der Waals surface area contributed by atoms with E-state index in [4.69, 9.17) is 28.4 Å². The average Bonchev–Trinajstić information content (AvgIpc) is 3.06. The summed E-state index contributed by atoms with van der Waals surface area (Å²) >= 11 is 0. The number of ether oxygens (including phenoxy) is 6. The van der Waals surface area contributed by atoms with E-state index in [1.165, 1.54) is 0 Å². The van der Waals surface area contributed by atoms with Crippen molar-refractivity contribution in [3.8, 4) is 0 Å². The van der Waals surface area contributed by atoms with Gasteiger partial charge in [-0.15, -0.1) is 0 Å². The number of unbranched alkanes of at least 4 members (excludes halogenated alkanes) is 1. The number of allylic oxidation sites excluding steroid dienone is 6. The zero-order valence-electron chi connectivity index (χ0n) is 28.5. The van der Waals surface area contributed by atoms with Crippen LogP contribution in [0.2, 0.25) is 0 Å². The molecule has 0 bridgehead atoms. The molecule has 44 heavy (non-hydrogen) atoms. The largest absolute Gasteiger partial charge is 0.494 e. The van der Waals surface area contributed by atoms with Crippen molar-refractivity contribution in [2.75, 3.05) is 80.2 Å². The van der Waals surface area contributed by atoms with E-state index in [1.54, 1.807) is 50.6 Å². The highest BCUT2D eigenvalue weighted by Crippen LogP contribution is 1.98. The van der Waals surface area contributed by atoms with Crippen LogP contribution in [-0.4, -0.2) is 92.0 Å². The zero-order valence-corrected chi connectivity index (χ0v) is 28.5. The number of amides is 2. The fourth-order valence-corrected chi connectivity index (χ4v) is 2.39. The summed E-state index contributed by atoms with van der Waals surface area (Å²) in [4.78, 5) is 21.7. The lowest BCUT2D eigenvalue weighted by molar-refractivity contribution is -0.126. The second-order valence-corrected chi connectivity index (χ2v) is 7.91. The fourth-order valence-electron chi connectivity index (χ4n) is 2.39. The maximum absolute atomic E-state index is 10.8. The SMILES string of the molecule is C=C/C=C\C(=C)OCCCOCCCOCC(=O)NC.C=C/C=C\C(=C)OCCOCCCCOCC(=O)NC.CC.CC. The number of carbonyl (C=O) groups is 2. The van der Waals surface area contributed by atoms with Crippen molar-refractivity contribution in [3.63, 3.8) is 0 Å². The Labute approximate surface area is 268 Å². The van der Waals surface area contributed by atoms with E-state index in [9.17, 15) is 9.59 Å². The Hall–Kier alpha value is -3.18. The van der Waals surface area contributed by atoms with Crippen molar-refractivity contribution in [1.29, 1.82) is 0 Å². The predicted molar refractivity (Wildman–Crippen MR) is 181 cm³/mol. The third kappa shape index (κ3) is 45.8. The Morgan fingerprint density at radius 3 is 1.36 bits per heavy atom. The van der Waals surface area contributed by atoms with Gasteiger partial charge in [0.2, 0.25) is 11.8 Å². The van der Waals surface area contributed by atoms with Gasteiger partial charge in [-0.05, 0) is 31.4 Å². The van der Waals surface area contributed by atoms with Crippen LogP contribution in [0, 0.1) is 0 Å². The molecule has 2 amide bonds. The molecular weight excluding hydrogens is 564 g/mol. The van der Waals surface area contributed by atoms with Gasteiger partial charge in [0.05, 0.1) is 13.2 Å². The molecule has 0 fully saturated rings. The average molecular weight is 627 g/mol. The summed E-state index contributed by atoms with van der Waals surface area (Å²) in [6.45, 7) is 27.4. The van der Waals surface area contributed by atoms with Gasteiger partial charge in [-0.25, -0.2) is 0 Å². The van der Waals surface area contributed by atoms with Gasteiger partial charge in [0.15, 0.2) is 0 Å². The molecule has 0 aromatic rings. The number of nitrogens with one attached hydrogen (secondary N) is 2. The molecule has 0 aliphatic carbocycles. The molecule has 0 aliphatic heterocycles. The normalized spacial score (nSPS) is 9.77. The first kappa shape index (κ1) is 47.7. The van der Waals surface area contributed by atoms with E-state index in [1.807, 2.05) is 27.7 Å². The van der Waals surface area contributed by atoms with Gasteiger partial charge in [0.25, 0.3) is 0 Å². The standard InChI is InChI=1S/2C15H25NO4.2C2H6/c1-4-5-8-14(2)20-12-7-10-18-9-6-11-19-13-15(17)16-3;1-4-5-8-14(2)20-12-11-18-9-6-7-10-19-13-15(17)16-3;2*1-2/h2*4-5,8H,1-2,6-7,9-13H2,3H3,(H,16,17);2*1-2H3/b2*8-5-;;. The molecule has 0 heterocycles. The topological polar surface area (TPSA) is 114 Å². The minimum absolute atomic E-state index is 0.102. The van der Waals surface area contributed by atoms with Crippen LogP contribution >= 0.6 is 0 Å². The highest BCUT2D eigenvalue weighted by Gasteiger charge is 1.98. The highest BCUT2D eigenvalue weighted by atomic mass is 16.5. The molecule has 0 radical (unpaired) electrons. The van der Waals surface area contributed by atoms with Gasteiger partial charge in [-0.1, -0.05) is 78.3 Å². The van der Waals surface area contributed by atoms with Crippen LogP contribution in [0.4, 0.5) is 0 Å². The molecular formula is C34H62N2O8. The third-order valence-electron chi connectivity index (χ3n) is 4.50. The number of hydrogen-bond acceptors (Lipinski definition) is 8. The quantitative estimate of drug-likeness (QED) is 0.0716. The molecule has 0 unspecified atom stereocenters. The van der Waals surface area contributed by atoms with Gasteiger partial charge in [-0.2, -0.15) is 0 Å². The molecule has 10 heteroatoms. The first-order chi connectivity index (χ1) is 21.4. The Kier molecular flexibility index (Phi) is 48.0.